The van der Waals surface area contributed by atoms with Gasteiger partial charge in [0.15, 0.2) is 5.13 Å². The monoisotopic (exact) mass is 381 g/mol. The predicted molar refractivity (Wildman–Crippen MR) is 103 cm³/mol. The van der Waals surface area contributed by atoms with Crippen molar-refractivity contribution in [2.24, 2.45) is 5.92 Å². The first-order valence-corrected chi connectivity index (χ1v) is 9.60. The third kappa shape index (κ3) is 3.93. The maximum atomic E-state index is 12.6. The van der Waals surface area contributed by atoms with Crippen LogP contribution in [-0.4, -0.2) is 28.2 Å². The molecule has 1 aliphatic heterocycles. The SMILES string of the molecule is Cc1ccc(-c2csc(NC(=O)[C@H]3CC(=O)N(Cc4ccco4)C3)n2)cc1. The molecule has 1 fully saturated rings. The fourth-order valence-corrected chi connectivity index (χ4v) is 3.81. The van der Waals surface area contributed by atoms with Gasteiger partial charge >= 0.3 is 0 Å². The number of nitrogens with one attached hydrogen (secondary N) is 1. The number of carbonyl (C=O) groups is 2. The van der Waals surface area contributed by atoms with Crippen molar-refractivity contribution in [2.45, 2.75) is 19.9 Å². The molecule has 6 nitrogen and oxygen atoms in total. The predicted octanol–water partition coefficient (Wildman–Crippen LogP) is 3.70. The van der Waals surface area contributed by atoms with E-state index in [1.54, 1.807) is 17.2 Å². The molecule has 4 rings (SSSR count). The highest BCUT2D eigenvalue weighted by atomic mass is 32.1. The number of furan rings is 1. The highest BCUT2D eigenvalue weighted by Crippen LogP contribution is 2.27. The molecule has 0 saturated carbocycles. The van der Waals surface area contributed by atoms with Gasteiger partial charge in [-0.25, -0.2) is 4.98 Å². The maximum Gasteiger partial charge on any atom is 0.231 e. The van der Waals surface area contributed by atoms with Crippen molar-refractivity contribution in [1.82, 2.24) is 9.88 Å². The largest absolute Gasteiger partial charge is 0.467 e. The molecule has 0 unspecified atom stereocenters. The number of anilines is 1. The molecule has 138 valence electrons. The normalized spacial score (nSPS) is 16.7. The van der Waals surface area contributed by atoms with Crippen LogP contribution in [0, 0.1) is 12.8 Å². The molecule has 2 amide bonds. The summed E-state index contributed by atoms with van der Waals surface area (Å²) in [7, 11) is 0. The van der Waals surface area contributed by atoms with Gasteiger partial charge in [-0.1, -0.05) is 29.8 Å². The zero-order chi connectivity index (χ0) is 18.8. The van der Waals surface area contributed by atoms with Gasteiger partial charge in [0.2, 0.25) is 11.8 Å². The second-order valence-corrected chi connectivity index (χ2v) is 7.51. The number of benzene rings is 1. The lowest BCUT2D eigenvalue weighted by Gasteiger charge is -2.14. The molecule has 3 aromatic rings. The van der Waals surface area contributed by atoms with Crippen molar-refractivity contribution >= 4 is 28.3 Å². The smallest absolute Gasteiger partial charge is 0.231 e. The number of hydrogen-bond acceptors (Lipinski definition) is 5. The quantitative estimate of drug-likeness (QED) is 0.731. The van der Waals surface area contributed by atoms with E-state index < -0.39 is 0 Å². The van der Waals surface area contributed by atoms with Crippen molar-refractivity contribution in [3.8, 4) is 11.3 Å². The lowest BCUT2D eigenvalue weighted by atomic mass is 10.1. The van der Waals surface area contributed by atoms with Crippen molar-refractivity contribution in [3.05, 3.63) is 59.4 Å². The van der Waals surface area contributed by atoms with Crippen LogP contribution in [-0.2, 0) is 16.1 Å². The molecule has 0 bridgehead atoms. The van der Waals surface area contributed by atoms with Gasteiger partial charge < -0.3 is 14.6 Å². The minimum absolute atomic E-state index is 0.0361. The van der Waals surface area contributed by atoms with Gasteiger partial charge in [-0.15, -0.1) is 11.3 Å². The third-order valence-electron chi connectivity index (χ3n) is 4.59. The second kappa shape index (κ2) is 7.36. The summed E-state index contributed by atoms with van der Waals surface area (Å²) in [4.78, 5) is 30.9. The van der Waals surface area contributed by atoms with Crippen molar-refractivity contribution < 1.29 is 14.0 Å². The number of nitrogens with zero attached hydrogens (tertiary/aromatic N) is 2. The molecule has 1 aromatic carbocycles. The Kier molecular flexibility index (Phi) is 4.77. The van der Waals surface area contributed by atoms with Crippen molar-refractivity contribution in [1.29, 1.82) is 0 Å². The van der Waals surface area contributed by atoms with Crippen LogP contribution in [0.2, 0.25) is 0 Å². The van der Waals surface area contributed by atoms with E-state index in [-0.39, 0.29) is 24.2 Å². The topological polar surface area (TPSA) is 75.4 Å². The van der Waals surface area contributed by atoms with Gasteiger partial charge in [0.25, 0.3) is 0 Å². The molecule has 7 heteroatoms. The maximum absolute atomic E-state index is 12.6. The summed E-state index contributed by atoms with van der Waals surface area (Å²) in [5.74, 6) is 0.132. The van der Waals surface area contributed by atoms with Crippen LogP contribution < -0.4 is 5.32 Å². The molecule has 1 saturated heterocycles. The average molecular weight is 381 g/mol. The zero-order valence-corrected chi connectivity index (χ0v) is 15.7. The first-order chi connectivity index (χ1) is 13.1. The summed E-state index contributed by atoms with van der Waals surface area (Å²) in [5.41, 5.74) is 3.03. The lowest BCUT2D eigenvalue weighted by molar-refractivity contribution is -0.128. The summed E-state index contributed by atoms with van der Waals surface area (Å²) in [5, 5.41) is 5.32. The van der Waals surface area contributed by atoms with Gasteiger partial charge in [0.05, 0.1) is 24.4 Å². The van der Waals surface area contributed by atoms with Crippen molar-refractivity contribution in [3.63, 3.8) is 0 Å². The molecular weight excluding hydrogens is 362 g/mol. The van der Waals surface area contributed by atoms with E-state index in [1.807, 2.05) is 42.6 Å². The Hall–Kier alpha value is -2.93. The molecule has 0 spiro atoms. The first kappa shape index (κ1) is 17.5. The number of amides is 2. The third-order valence-corrected chi connectivity index (χ3v) is 5.35. The summed E-state index contributed by atoms with van der Waals surface area (Å²) in [6.45, 7) is 2.82. The van der Waals surface area contributed by atoms with E-state index >= 15 is 0 Å². The molecule has 27 heavy (non-hydrogen) atoms. The van der Waals surface area contributed by atoms with E-state index in [2.05, 4.69) is 10.3 Å². The Bertz CT molecular complexity index is 947. The summed E-state index contributed by atoms with van der Waals surface area (Å²) in [6.07, 6.45) is 1.79. The first-order valence-electron chi connectivity index (χ1n) is 8.72. The van der Waals surface area contributed by atoms with E-state index in [9.17, 15) is 9.59 Å². The number of aromatic nitrogens is 1. The summed E-state index contributed by atoms with van der Waals surface area (Å²) in [6, 6.07) is 11.7. The molecule has 2 aromatic heterocycles. The number of carbonyl (C=O) groups excluding carboxylic acids is 2. The van der Waals surface area contributed by atoms with E-state index in [4.69, 9.17) is 4.42 Å². The molecule has 0 radical (unpaired) electrons. The van der Waals surface area contributed by atoms with E-state index in [1.165, 1.54) is 16.9 Å². The zero-order valence-electron chi connectivity index (χ0n) is 14.8. The molecule has 3 heterocycles. The summed E-state index contributed by atoms with van der Waals surface area (Å²) < 4.78 is 5.28. The average Bonchev–Trinajstić information content (AvgIpc) is 3.39. The standard InChI is InChI=1S/C20H19N3O3S/c1-13-4-6-14(7-5-13)17-12-27-20(21-17)22-19(25)15-9-18(24)23(10-15)11-16-3-2-8-26-16/h2-8,12,15H,9-11H2,1H3,(H,21,22,25)/t15-/m0/s1. The number of aryl methyl sites for hydroxylation is 1. The molecular formula is C20H19N3O3S. The lowest BCUT2D eigenvalue weighted by Crippen LogP contribution is -2.27. The van der Waals surface area contributed by atoms with Crippen LogP contribution in [0.3, 0.4) is 0 Å². The minimum atomic E-state index is -0.376. The minimum Gasteiger partial charge on any atom is -0.467 e. The van der Waals surface area contributed by atoms with E-state index in [0.717, 1.165) is 11.3 Å². The fraction of sp³-hybridized carbons (Fsp3) is 0.250. The highest BCUT2D eigenvalue weighted by molar-refractivity contribution is 7.14. The van der Waals surface area contributed by atoms with Gasteiger partial charge in [0.1, 0.15) is 5.76 Å². The molecule has 0 aliphatic carbocycles. The van der Waals surface area contributed by atoms with Gasteiger partial charge in [-0.3, -0.25) is 9.59 Å². The Balaban J connectivity index is 1.38. The van der Waals surface area contributed by atoms with Gasteiger partial charge in [-0.05, 0) is 19.1 Å². The number of hydrogen-bond donors (Lipinski definition) is 1. The van der Waals surface area contributed by atoms with Crippen LogP contribution in [0.4, 0.5) is 5.13 Å². The van der Waals surface area contributed by atoms with Gasteiger partial charge in [-0.2, -0.15) is 0 Å². The Morgan fingerprint density at radius 3 is 2.89 bits per heavy atom. The summed E-state index contributed by atoms with van der Waals surface area (Å²) >= 11 is 1.38. The fourth-order valence-electron chi connectivity index (χ4n) is 3.09. The van der Waals surface area contributed by atoms with E-state index in [0.29, 0.717) is 24.0 Å². The highest BCUT2D eigenvalue weighted by Gasteiger charge is 2.34. The number of likely N-dealkylation sites (tertiary alicyclic amines) is 1. The van der Waals surface area contributed by atoms with Crippen LogP contribution in [0.15, 0.2) is 52.5 Å². The van der Waals surface area contributed by atoms with Crippen LogP contribution in [0.5, 0.6) is 0 Å². The molecule has 1 N–H and O–H groups in total. The van der Waals surface area contributed by atoms with Crippen LogP contribution >= 0.6 is 11.3 Å². The Labute approximate surface area is 160 Å². The number of thiazole rings is 1. The van der Waals surface area contributed by atoms with Crippen molar-refractivity contribution in [2.75, 3.05) is 11.9 Å². The molecule has 1 aliphatic rings. The Morgan fingerprint density at radius 1 is 1.33 bits per heavy atom. The second-order valence-electron chi connectivity index (χ2n) is 6.65. The van der Waals surface area contributed by atoms with Crippen LogP contribution in [0.1, 0.15) is 17.7 Å². The number of rotatable bonds is 5. The van der Waals surface area contributed by atoms with Gasteiger partial charge in [0, 0.05) is 23.9 Å². The Morgan fingerprint density at radius 2 is 2.15 bits per heavy atom. The molecule has 1 atom stereocenters. The van der Waals surface area contributed by atoms with Crippen LogP contribution in [0.25, 0.3) is 11.3 Å².